The minimum atomic E-state index is -1.11. The van der Waals surface area contributed by atoms with Crippen LogP contribution in [0.15, 0.2) is 127 Å². The molecular formula is C40H37N5O10S. The summed E-state index contributed by atoms with van der Waals surface area (Å²) in [6.45, 7) is 0.590. The number of para-hydroxylation sites is 1. The number of ether oxygens (including phenoxy) is 3. The van der Waals surface area contributed by atoms with Gasteiger partial charge in [0.1, 0.15) is 36.4 Å². The molecule has 16 heteroatoms. The van der Waals surface area contributed by atoms with Gasteiger partial charge in [-0.05, 0) is 29.2 Å². The lowest BCUT2D eigenvalue weighted by Gasteiger charge is -2.50. The van der Waals surface area contributed by atoms with Gasteiger partial charge in [-0.25, -0.2) is 15.0 Å². The van der Waals surface area contributed by atoms with E-state index in [1.165, 1.54) is 41.8 Å². The van der Waals surface area contributed by atoms with E-state index in [0.29, 0.717) is 16.7 Å². The summed E-state index contributed by atoms with van der Waals surface area (Å²) in [5, 5.41) is 13.4. The number of fused-ring (bicyclic) bond motifs is 1. The highest BCUT2D eigenvalue weighted by Gasteiger charge is 2.55. The van der Waals surface area contributed by atoms with Gasteiger partial charge in [-0.2, -0.15) is 0 Å². The zero-order chi connectivity index (χ0) is 39.6. The minimum absolute atomic E-state index is 0.0654. The molecule has 3 amide bonds. The number of thioether (sulfide) groups is 1. The molecule has 2 aliphatic heterocycles. The minimum Gasteiger partial charge on any atom is -0.461 e. The molecule has 0 aromatic heterocycles. The van der Waals surface area contributed by atoms with Gasteiger partial charge in [0.25, 0.3) is 11.6 Å². The van der Waals surface area contributed by atoms with Gasteiger partial charge < -0.3 is 19.5 Å². The number of nitrogens with one attached hydrogen (secondary N) is 3. The van der Waals surface area contributed by atoms with Gasteiger partial charge >= 0.3 is 18.0 Å². The second kappa shape index (κ2) is 18.2. The number of nitrogens with zero attached hydrogens (tertiary/aromatic N) is 2. The molecule has 0 aliphatic carbocycles. The smallest absolute Gasteiger partial charge is 0.421 e. The first-order chi connectivity index (χ1) is 27.1. The summed E-state index contributed by atoms with van der Waals surface area (Å²) in [6, 6.07) is 30.8. The maximum Gasteiger partial charge on any atom is 0.421 e. The monoisotopic (exact) mass is 779 g/mol. The third-order valence-electron chi connectivity index (χ3n) is 8.91. The van der Waals surface area contributed by atoms with Gasteiger partial charge in [-0.1, -0.05) is 103 Å². The van der Waals surface area contributed by atoms with Crippen molar-refractivity contribution >= 4 is 47.3 Å². The van der Waals surface area contributed by atoms with E-state index in [1.807, 2.05) is 60.7 Å². The average Bonchev–Trinajstić information content (AvgIpc) is 3.22. The van der Waals surface area contributed by atoms with Crippen LogP contribution in [0.25, 0.3) is 0 Å². The molecule has 2 heterocycles. The molecule has 0 spiro atoms. The van der Waals surface area contributed by atoms with Crippen LogP contribution < -0.4 is 16.2 Å². The molecule has 3 atom stereocenters. The van der Waals surface area contributed by atoms with Crippen LogP contribution in [0.4, 0.5) is 10.5 Å². The number of benzene rings is 4. The molecule has 288 valence electrons. The predicted molar refractivity (Wildman–Crippen MR) is 203 cm³/mol. The molecule has 0 saturated carbocycles. The molecule has 0 bridgehead atoms. The van der Waals surface area contributed by atoms with Crippen molar-refractivity contribution in [3.05, 3.63) is 159 Å². The Bertz CT molecular complexity index is 2080. The van der Waals surface area contributed by atoms with Crippen LogP contribution in [0.1, 0.15) is 35.3 Å². The first-order valence-electron chi connectivity index (χ1n) is 17.5. The number of rotatable bonds is 15. The van der Waals surface area contributed by atoms with E-state index in [2.05, 4.69) is 16.2 Å². The topological polar surface area (TPSA) is 196 Å². The lowest BCUT2D eigenvalue weighted by Crippen LogP contribution is -2.72. The number of nitro groups is 1. The summed E-state index contributed by atoms with van der Waals surface area (Å²) < 4.78 is 16.5. The van der Waals surface area contributed by atoms with E-state index in [1.54, 1.807) is 36.4 Å². The second-order valence-electron chi connectivity index (χ2n) is 12.7. The maximum atomic E-state index is 14.1. The van der Waals surface area contributed by atoms with Crippen molar-refractivity contribution in [2.75, 3.05) is 12.4 Å². The van der Waals surface area contributed by atoms with Crippen LogP contribution in [-0.2, 0) is 46.4 Å². The Morgan fingerprint density at radius 2 is 1.46 bits per heavy atom. The first kappa shape index (κ1) is 39.2. The molecule has 4 aromatic carbocycles. The van der Waals surface area contributed by atoms with Crippen molar-refractivity contribution in [2.45, 2.75) is 43.5 Å². The Morgan fingerprint density at radius 3 is 2.09 bits per heavy atom. The van der Waals surface area contributed by atoms with E-state index in [-0.39, 0.29) is 35.7 Å². The second-order valence-corrected chi connectivity index (χ2v) is 13.8. The highest BCUT2D eigenvalue weighted by molar-refractivity contribution is 8.00. The lowest BCUT2D eigenvalue weighted by molar-refractivity contribution is -0.385. The lowest BCUT2D eigenvalue weighted by atomic mass is 10.00. The number of hydrazine groups is 1. The van der Waals surface area contributed by atoms with E-state index in [4.69, 9.17) is 14.2 Å². The molecule has 3 N–H and O–H groups in total. The molecule has 1 fully saturated rings. The van der Waals surface area contributed by atoms with Crippen LogP contribution in [0.5, 0.6) is 0 Å². The van der Waals surface area contributed by atoms with Gasteiger partial charge in [0.05, 0.1) is 10.5 Å². The van der Waals surface area contributed by atoms with Crippen molar-refractivity contribution in [3.63, 3.8) is 0 Å². The number of carbonyl (C=O) groups is 5. The van der Waals surface area contributed by atoms with Crippen LogP contribution in [0.2, 0.25) is 0 Å². The summed E-state index contributed by atoms with van der Waals surface area (Å²) in [5.41, 5.74) is 7.39. The number of hydrogen-bond donors (Lipinski definition) is 3. The number of esters is 2. The highest BCUT2D eigenvalue weighted by atomic mass is 32.2. The maximum absolute atomic E-state index is 14.1. The normalized spacial score (nSPS) is 16.5. The van der Waals surface area contributed by atoms with Gasteiger partial charge in [0.2, 0.25) is 5.91 Å². The Kier molecular flexibility index (Phi) is 12.7. The van der Waals surface area contributed by atoms with E-state index >= 15 is 0 Å². The molecular weight excluding hydrogens is 743 g/mol. The summed E-state index contributed by atoms with van der Waals surface area (Å²) in [4.78, 5) is 78.3. The van der Waals surface area contributed by atoms with Gasteiger partial charge in [0, 0.05) is 24.3 Å². The largest absolute Gasteiger partial charge is 0.461 e. The van der Waals surface area contributed by atoms with Gasteiger partial charge in [0.15, 0.2) is 6.10 Å². The molecule has 0 radical (unpaired) electrons. The zero-order valence-corrected chi connectivity index (χ0v) is 30.8. The predicted octanol–water partition coefficient (Wildman–Crippen LogP) is 4.49. The van der Waals surface area contributed by atoms with E-state index in [9.17, 15) is 34.1 Å². The summed E-state index contributed by atoms with van der Waals surface area (Å²) in [7, 11) is 0. The highest BCUT2D eigenvalue weighted by Crippen LogP contribution is 2.42. The van der Waals surface area contributed by atoms with E-state index < -0.39 is 64.9 Å². The van der Waals surface area contributed by atoms with Crippen molar-refractivity contribution in [1.82, 2.24) is 21.1 Å². The molecule has 2 aliphatic rings. The number of nitro benzene ring substituents is 1. The van der Waals surface area contributed by atoms with Crippen LogP contribution >= 0.6 is 11.8 Å². The SMILES string of the molecule is CC(=O)OCC1=C(C(=O)OC(c2ccccc2)c2ccccc2)N2C(=O)[C@@H](NC(=O)[C@@H](Cc3ccccc3)NNC(=O)OCc3ccccc3[N+](=O)[O-])[C@H]2SC1. The summed E-state index contributed by atoms with van der Waals surface area (Å²) in [5.74, 6) is -2.41. The standard InChI is InChI=1S/C40H37N5O10S/c1-25(46)53-23-30-24-56-38-33(37(48)44(38)34(30)39(49)55-35(27-15-7-3-8-16-27)28-17-9-4-10-18-28)41-36(47)31(21-26-13-5-2-6-14-26)42-43-40(50)54-22-29-19-11-12-20-32(29)45(51)52/h2-20,31,33,35,38,42H,21-24H2,1H3,(H,41,47)(H,43,50)/t31-,33-,38-/m1/s1. The first-order valence-corrected chi connectivity index (χ1v) is 18.5. The third kappa shape index (κ3) is 9.40. The average molecular weight is 780 g/mol. The fraction of sp³-hybridized carbons (Fsp3) is 0.225. The van der Waals surface area contributed by atoms with Crippen LogP contribution in [0.3, 0.4) is 0 Å². The fourth-order valence-electron chi connectivity index (χ4n) is 6.17. The molecule has 4 aromatic rings. The summed E-state index contributed by atoms with van der Waals surface area (Å²) >= 11 is 1.28. The molecule has 1 saturated heterocycles. The van der Waals surface area contributed by atoms with Crippen LogP contribution in [0, 0.1) is 10.1 Å². The molecule has 56 heavy (non-hydrogen) atoms. The number of β-lactam (4-membered cyclic amide) rings is 1. The third-order valence-corrected chi connectivity index (χ3v) is 10.3. The Balaban J connectivity index is 1.17. The number of hydrogen-bond acceptors (Lipinski definition) is 12. The van der Waals surface area contributed by atoms with Crippen molar-refractivity contribution < 1.29 is 43.1 Å². The molecule has 6 rings (SSSR count). The van der Waals surface area contributed by atoms with E-state index in [0.717, 1.165) is 5.56 Å². The number of carbonyl (C=O) groups excluding carboxylic acids is 5. The fourth-order valence-corrected chi connectivity index (χ4v) is 7.50. The molecule has 0 unspecified atom stereocenters. The number of amides is 3. The zero-order valence-electron chi connectivity index (χ0n) is 30.0. The quantitative estimate of drug-likeness (QED) is 0.0504. The Morgan fingerprint density at radius 1 is 0.857 bits per heavy atom. The summed E-state index contributed by atoms with van der Waals surface area (Å²) in [6.07, 6.45) is -1.73. The Hall–Kier alpha value is -6.52. The van der Waals surface area contributed by atoms with Crippen molar-refractivity contribution in [2.24, 2.45) is 0 Å². The van der Waals surface area contributed by atoms with Gasteiger partial charge in [-0.15, -0.1) is 11.8 Å². The van der Waals surface area contributed by atoms with Crippen molar-refractivity contribution in [1.29, 1.82) is 0 Å². The molecule has 15 nitrogen and oxygen atoms in total. The van der Waals surface area contributed by atoms with Crippen molar-refractivity contribution in [3.8, 4) is 0 Å². The van der Waals surface area contributed by atoms with Crippen LogP contribution in [-0.4, -0.2) is 69.5 Å². The Labute approximate surface area is 325 Å². The van der Waals surface area contributed by atoms with Gasteiger partial charge in [-0.3, -0.25) is 34.8 Å².